The number of rotatable bonds is 6. The molecule has 1 aliphatic heterocycles. The van der Waals surface area contributed by atoms with Crippen molar-refractivity contribution in [1.82, 2.24) is 4.90 Å². The van der Waals surface area contributed by atoms with Crippen LogP contribution < -0.4 is 0 Å². The van der Waals surface area contributed by atoms with Crippen molar-refractivity contribution in [2.75, 3.05) is 18.9 Å². The molecule has 0 unspecified atom stereocenters. The van der Waals surface area contributed by atoms with Gasteiger partial charge in [-0.25, -0.2) is 0 Å². The van der Waals surface area contributed by atoms with E-state index in [9.17, 15) is 14.4 Å². The van der Waals surface area contributed by atoms with Crippen molar-refractivity contribution < 1.29 is 19.1 Å². The van der Waals surface area contributed by atoms with Gasteiger partial charge in [0, 0.05) is 4.90 Å². The van der Waals surface area contributed by atoms with Gasteiger partial charge in [-0.05, 0) is 24.3 Å². The van der Waals surface area contributed by atoms with E-state index in [4.69, 9.17) is 4.74 Å². The third kappa shape index (κ3) is 3.49. The Bertz CT molecular complexity index is 741. The van der Waals surface area contributed by atoms with E-state index in [1.54, 1.807) is 24.3 Å². The summed E-state index contributed by atoms with van der Waals surface area (Å²) in [6.07, 6.45) is 0. The van der Waals surface area contributed by atoms with Crippen LogP contribution in [0.1, 0.15) is 20.7 Å². The molecule has 0 fully saturated rings. The van der Waals surface area contributed by atoms with Crippen LogP contribution in [0.3, 0.4) is 0 Å². The van der Waals surface area contributed by atoms with Crippen LogP contribution >= 0.6 is 11.8 Å². The van der Waals surface area contributed by atoms with Crippen LogP contribution in [0.15, 0.2) is 59.5 Å². The molecule has 6 heteroatoms. The predicted molar refractivity (Wildman–Crippen MR) is 89.9 cm³/mol. The molecule has 1 aliphatic rings. The molecule has 0 spiro atoms. The summed E-state index contributed by atoms with van der Waals surface area (Å²) in [7, 11) is 0. The molecule has 2 amide bonds. The van der Waals surface area contributed by atoms with Gasteiger partial charge in [-0.3, -0.25) is 19.3 Å². The van der Waals surface area contributed by atoms with Gasteiger partial charge < -0.3 is 4.74 Å². The first-order valence-corrected chi connectivity index (χ1v) is 8.44. The molecule has 0 saturated heterocycles. The highest BCUT2D eigenvalue weighted by atomic mass is 32.2. The van der Waals surface area contributed by atoms with Gasteiger partial charge in [-0.15, -0.1) is 11.8 Å². The molecule has 0 radical (unpaired) electrons. The zero-order valence-corrected chi connectivity index (χ0v) is 13.6. The number of hydrogen-bond donors (Lipinski definition) is 0. The minimum Gasteiger partial charge on any atom is -0.463 e. The average Bonchev–Trinajstić information content (AvgIpc) is 2.86. The van der Waals surface area contributed by atoms with Crippen LogP contribution in [0.2, 0.25) is 0 Å². The number of ether oxygens (including phenoxy) is 1. The van der Waals surface area contributed by atoms with Gasteiger partial charge in [0.1, 0.15) is 6.61 Å². The van der Waals surface area contributed by atoms with Crippen LogP contribution in [-0.2, 0) is 9.53 Å². The molecule has 24 heavy (non-hydrogen) atoms. The Labute approximate surface area is 143 Å². The topological polar surface area (TPSA) is 63.7 Å². The highest BCUT2D eigenvalue weighted by Gasteiger charge is 2.34. The van der Waals surface area contributed by atoms with Crippen LogP contribution in [-0.4, -0.2) is 41.6 Å². The second kappa shape index (κ2) is 7.31. The van der Waals surface area contributed by atoms with E-state index >= 15 is 0 Å². The Morgan fingerprint density at radius 3 is 2.12 bits per heavy atom. The van der Waals surface area contributed by atoms with Gasteiger partial charge in [-0.1, -0.05) is 30.3 Å². The summed E-state index contributed by atoms with van der Waals surface area (Å²) in [5.74, 6) is -0.873. The summed E-state index contributed by atoms with van der Waals surface area (Å²) >= 11 is 1.38. The number of amides is 2. The number of carbonyl (C=O) groups excluding carboxylic acids is 3. The number of imide groups is 1. The number of thioether (sulfide) groups is 1. The lowest BCUT2D eigenvalue weighted by Crippen LogP contribution is -2.33. The molecule has 0 N–H and O–H groups in total. The normalized spacial score (nSPS) is 13.1. The summed E-state index contributed by atoms with van der Waals surface area (Å²) in [5, 5.41) is 0. The first-order chi connectivity index (χ1) is 11.7. The molecule has 3 rings (SSSR count). The lowest BCUT2D eigenvalue weighted by atomic mass is 10.1. The molecular formula is C18H15NO4S. The molecule has 0 saturated carbocycles. The maximum atomic E-state index is 12.2. The first-order valence-electron chi connectivity index (χ1n) is 7.45. The Morgan fingerprint density at radius 2 is 1.50 bits per heavy atom. The van der Waals surface area contributed by atoms with E-state index in [1.807, 2.05) is 30.3 Å². The number of fused-ring (bicyclic) bond motifs is 1. The largest absolute Gasteiger partial charge is 0.463 e. The Balaban J connectivity index is 1.46. The lowest BCUT2D eigenvalue weighted by molar-refractivity contribution is -0.140. The molecule has 2 aromatic carbocycles. The number of esters is 1. The zero-order valence-electron chi connectivity index (χ0n) is 12.8. The fourth-order valence-electron chi connectivity index (χ4n) is 2.39. The van der Waals surface area contributed by atoms with Crippen LogP contribution in [0.25, 0.3) is 0 Å². The summed E-state index contributed by atoms with van der Waals surface area (Å²) in [6, 6.07) is 16.2. The van der Waals surface area contributed by atoms with Gasteiger partial charge in [-0.2, -0.15) is 0 Å². The minimum absolute atomic E-state index is 0.000346. The monoisotopic (exact) mass is 341 g/mol. The van der Waals surface area contributed by atoms with Crippen molar-refractivity contribution >= 4 is 29.5 Å². The molecule has 2 aromatic rings. The SMILES string of the molecule is O=C(CSc1ccccc1)OCCN1C(=O)c2ccccc2C1=O. The second-order valence-electron chi connectivity index (χ2n) is 5.13. The van der Waals surface area contributed by atoms with E-state index in [2.05, 4.69) is 0 Å². The first kappa shape index (κ1) is 16.3. The van der Waals surface area contributed by atoms with E-state index in [0.29, 0.717) is 11.1 Å². The maximum Gasteiger partial charge on any atom is 0.316 e. The van der Waals surface area contributed by atoms with Gasteiger partial charge in [0.05, 0.1) is 23.4 Å². The lowest BCUT2D eigenvalue weighted by Gasteiger charge is -2.13. The standard InChI is InChI=1S/C18H15NO4S/c20-16(12-24-13-6-2-1-3-7-13)23-11-10-19-17(21)14-8-4-5-9-15(14)18(19)22/h1-9H,10-12H2. The molecular weight excluding hydrogens is 326 g/mol. The molecule has 0 bridgehead atoms. The fourth-order valence-corrected chi connectivity index (χ4v) is 3.11. The molecule has 122 valence electrons. The van der Waals surface area contributed by atoms with Crippen molar-refractivity contribution in [3.8, 4) is 0 Å². The third-order valence-electron chi connectivity index (χ3n) is 3.56. The summed E-state index contributed by atoms with van der Waals surface area (Å²) in [6.45, 7) is 0.0632. The number of hydrogen-bond acceptors (Lipinski definition) is 5. The van der Waals surface area contributed by atoms with Gasteiger partial charge in [0.2, 0.25) is 0 Å². The smallest absolute Gasteiger partial charge is 0.316 e. The molecule has 0 aromatic heterocycles. The van der Waals surface area contributed by atoms with E-state index in [-0.39, 0.29) is 36.7 Å². The van der Waals surface area contributed by atoms with E-state index in [0.717, 1.165) is 9.80 Å². The Morgan fingerprint density at radius 1 is 0.917 bits per heavy atom. The second-order valence-corrected chi connectivity index (χ2v) is 6.18. The molecule has 0 aliphatic carbocycles. The maximum absolute atomic E-state index is 12.2. The van der Waals surface area contributed by atoms with Crippen molar-refractivity contribution in [3.05, 3.63) is 65.7 Å². The minimum atomic E-state index is -0.375. The quantitative estimate of drug-likeness (QED) is 0.459. The van der Waals surface area contributed by atoms with Gasteiger partial charge in [0.25, 0.3) is 11.8 Å². The van der Waals surface area contributed by atoms with Crippen molar-refractivity contribution in [3.63, 3.8) is 0 Å². The molecule has 1 heterocycles. The summed E-state index contributed by atoms with van der Waals surface area (Å²) in [4.78, 5) is 38.1. The van der Waals surface area contributed by atoms with Gasteiger partial charge >= 0.3 is 5.97 Å². The van der Waals surface area contributed by atoms with Crippen molar-refractivity contribution in [2.45, 2.75) is 4.90 Å². The summed E-state index contributed by atoms with van der Waals surface area (Å²) in [5.41, 5.74) is 0.793. The van der Waals surface area contributed by atoms with E-state index < -0.39 is 0 Å². The molecule has 5 nitrogen and oxygen atoms in total. The average molecular weight is 341 g/mol. The van der Waals surface area contributed by atoms with Gasteiger partial charge in [0.15, 0.2) is 0 Å². The van der Waals surface area contributed by atoms with Crippen LogP contribution in [0, 0.1) is 0 Å². The fraction of sp³-hybridized carbons (Fsp3) is 0.167. The van der Waals surface area contributed by atoms with Crippen LogP contribution in [0.5, 0.6) is 0 Å². The Hall–Kier alpha value is -2.60. The number of benzene rings is 2. The highest BCUT2D eigenvalue weighted by Crippen LogP contribution is 2.22. The highest BCUT2D eigenvalue weighted by molar-refractivity contribution is 8.00. The molecule has 0 atom stereocenters. The predicted octanol–water partition coefficient (Wildman–Crippen LogP) is 2.62. The van der Waals surface area contributed by atoms with Crippen molar-refractivity contribution in [1.29, 1.82) is 0 Å². The van der Waals surface area contributed by atoms with Crippen LogP contribution in [0.4, 0.5) is 0 Å². The third-order valence-corrected chi connectivity index (χ3v) is 4.54. The van der Waals surface area contributed by atoms with Crippen molar-refractivity contribution in [2.24, 2.45) is 0 Å². The number of nitrogens with zero attached hydrogens (tertiary/aromatic N) is 1. The zero-order chi connectivity index (χ0) is 16.9. The Kier molecular flexibility index (Phi) is 4.96. The summed E-state index contributed by atoms with van der Waals surface area (Å²) < 4.78 is 5.12. The van der Waals surface area contributed by atoms with E-state index in [1.165, 1.54) is 11.8 Å². The number of carbonyl (C=O) groups is 3.